The summed E-state index contributed by atoms with van der Waals surface area (Å²) in [5.41, 5.74) is 0.891. The third-order valence-electron chi connectivity index (χ3n) is 2.98. The molecule has 0 fully saturated rings. The van der Waals surface area contributed by atoms with Crippen LogP contribution in [0.1, 0.15) is 10.7 Å². The van der Waals surface area contributed by atoms with E-state index in [4.69, 9.17) is 0 Å². The summed E-state index contributed by atoms with van der Waals surface area (Å²) in [6.07, 6.45) is 2.87. The van der Waals surface area contributed by atoms with E-state index < -0.39 is 15.7 Å². The van der Waals surface area contributed by atoms with Gasteiger partial charge in [-0.1, -0.05) is 6.07 Å². The highest BCUT2D eigenvalue weighted by Crippen LogP contribution is 2.20. The Hall–Kier alpha value is -2.06. The lowest BCUT2D eigenvalue weighted by Crippen LogP contribution is -2.12. The molecule has 0 radical (unpaired) electrons. The van der Waals surface area contributed by atoms with Gasteiger partial charge in [0.15, 0.2) is 0 Å². The number of nitrogens with zero attached hydrogens (tertiary/aromatic N) is 3. The topological polar surface area (TPSA) is 64.8 Å². The molecule has 0 aliphatic heterocycles. The highest BCUT2D eigenvalue weighted by atomic mass is 32.2. The Labute approximate surface area is 131 Å². The van der Waals surface area contributed by atoms with Crippen molar-refractivity contribution >= 4 is 21.2 Å². The number of aromatic nitrogens is 3. The average Bonchev–Trinajstić information content (AvgIpc) is 3.08. The summed E-state index contributed by atoms with van der Waals surface area (Å²) in [6.45, 7) is 1.81. The summed E-state index contributed by atoms with van der Waals surface area (Å²) < 4.78 is 39.8. The first-order chi connectivity index (χ1) is 10.5. The number of aryl methyl sites for hydroxylation is 1. The molecule has 2 aromatic heterocycles. The van der Waals surface area contributed by atoms with Crippen LogP contribution >= 0.6 is 11.3 Å². The van der Waals surface area contributed by atoms with Gasteiger partial charge < -0.3 is 0 Å². The van der Waals surface area contributed by atoms with Gasteiger partial charge in [0.2, 0.25) is 15.0 Å². The fraction of sp³-hybridized carbons (Fsp3) is 0.143. The van der Waals surface area contributed by atoms with E-state index in [-0.39, 0.29) is 10.9 Å². The van der Waals surface area contributed by atoms with Crippen LogP contribution in [0.15, 0.2) is 47.2 Å². The molecule has 0 spiro atoms. The van der Waals surface area contributed by atoms with Crippen LogP contribution in [-0.4, -0.2) is 23.0 Å². The van der Waals surface area contributed by atoms with E-state index in [2.05, 4.69) is 9.97 Å². The summed E-state index contributed by atoms with van der Waals surface area (Å²) in [5.74, 6) is -0.673. The van der Waals surface area contributed by atoms with Crippen molar-refractivity contribution in [3.8, 4) is 5.69 Å². The number of sulfone groups is 1. The summed E-state index contributed by atoms with van der Waals surface area (Å²) in [4.78, 5) is 8.09. The summed E-state index contributed by atoms with van der Waals surface area (Å²) >= 11 is 1.39. The van der Waals surface area contributed by atoms with Gasteiger partial charge in [-0.05, 0) is 25.1 Å². The third-order valence-corrected chi connectivity index (χ3v) is 5.33. The van der Waals surface area contributed by atoms with E-state index in [1.54, 1.807) is 11.4 Å². The average molecular weight is 337 g/mol. The quantitative estimate of drug-likeness (QED) is 0.734. The molecule has 3 rings (SSSR count). The van der Waals surface area contributed by atoms with Gasteiger partial charge in [0, 0.05) is 17.8 Å². The Balaban J connectivity index is 2.00. The molecule has 2 heterocycles. The second kappa shape index (κ2) is 5.62. The molecule has 22 heavy (non-hydrogen) atoms. The molecular weight excluding hydrogens is 325 g/mol. The van der Waals surface area contributed by atoms with Crippen LogP contribution in [-0.2, 0) is 15.6 Å². The maximum Gasteiger partial charge on any atom is 0.232 e. The van der Waals surface area contributed by atoms with Crippen molar-refractivity contribution in [3.05, 3.63) is 58.6 Å². The molecule has 0 N–H and O–H groups in total. The molecule has 0 unspecified atom stereocenters. The first kappa shape index (κ1) is 14.9. The van der Waals surface area contributed by atoms with Gasteiger partial charge in [-0.15, -0.1) is 11.3 Å². The zero-order valence-electron chi connectivity index (χ0n) is 11.6. The van der Waals surface area contributed by atoms with Crippen molar-refractivity contribution in [2.24, 2.45) is 0 Å². The molecular formula is C14H12FN3O2S2. The fourth-order valence-corrected chi connectivity index (χ4v) is 4.15. The maximum absolute atomic E-state index is 13.3. The molecule has 0 aliphatic carbocycles. The summed E-state index contributed by atoms with van der Waals surface area (Å²) in [5, 5.41) is 2.39. The lowest BCUT2D eigenvalue weighted by Gasteiger charge is -2.08. The SMILES string of the molecule is Cc1nc(CS(=O)(=O)c2nccn2-c2cccc(F)c2)cs1. The zero-order chi connectivity index (χ0) is 15.7. The Bertz CT molecular complexity index is 916. The number of rotatable bonds is 4. The zero-order valence-corrected chi connectivity index (χ0v) is 13.2. The maximum atomic E-state index is 13.3. The number of thiazole rings is 1. The Morgan fingerprint density at radius 1 is 1.36 bits per heavy atom. The van der Waals surface area contributed by atoms with Gasteiger partial charge in [-0.3, -0.25) is 4.57 Å². The molecule has 0 saturated carbocycles. The van der Waals surface area contributed by atoms with Crippen LogP contribution in [0.2, 0.25) is 0 Å². The van der Waals surface area contributed by atoms with E-state index in [0.29, 0.717) is 11.4 Å². The lowest BCUT2D eigenvalue weighted by atomic mass is 10.3. The van der Waals surface area contributed by atoms with E-state index in [9.17, 15) is 12.8 Å². The third kappa shape index (κ3) is 2.93. The highest BCUT2D eigenvalue weighted by Gasteiger charge is 2.23. The fourth-order valence-electron chi connectivity index (χ4n) is 2.08. The van der Waals surface area contributed by atoms with Gasteiger partial charge in [-0.25, -0.2) is 22.8 Å². The number of hydrogen-bond acceptors (Lipinski definition) is 5. The molecule has 0 saturated heterocycles. The van der Waals surface area contributed by atoms with Gasteiger partial charge in [0.25, 0.3) is 0 Å². The Morgan fingerprint density at radius 3 is 2.86 bits per heavy atom. The van der Waals surface area contributed by atoms with Crippen molar-refractivity contribution in [3.63, 3.8) is 0 Å². The molecule has 1 aromatic carbocycles. The van der Waals surface area contributed by atoms with Crippen molar-refractivity contribution in [2.45, 2.75) is 17.8 Å². The first-order valence-electron chi connectivity index (χ1n) is 6.39. The van der Waals surface area contributed by atoms with Crippen molar-refractivity contribution in [1.29, 1.82) is 0 Å². The van der Waals surface area contributed by atoms with Crippen LogP contribution in [0.25, 0.3) is 5.69 Å². The molecule has 3 aromatic rings. The minimum Gasteiger partial charge on any atom is -0.291 e. The summed E-state index contributed by atoms with van der Waals surface area (Å²) in [6, 6.07) is 5.70. The van der Waals surface area contributed by atoms with Crippen molar-refractivity contribution in [1.82, 2.24) is 14.5 Å². The number of benzene rings is 1. The number of hydrogen-bond donors (Lipinski definition) is 0. The Kier molecular flexibility index (Phi) is 3.79. The smallest absolute Gasteiger partial charge is 0.232 e. The standard InChI is InChI=1S/C14H12FN3O2S2/c1-10-17-12(8-21-10)9-22(19,20)14-16-5-6-18(14)13-4-2-3-11(15)7-13/h2-8H,9H2,1H3. The molecule has 0 aliphatic rings. The van der Waals surface area contributed by atoms with E-state index in [1.807, 2.05) is 6.92 Å². The second-order valence-corrected chi connectivity index (χ2v) is 7.62. The van der Waals surface area contributed by atoms with Crippen LogP contribution < -0.4 is 0 Å². The molecule has 8 heteroatoms. The van der Waals surface area contributed by atoms with Crippen molar-refractivity contribution in [2.75, 3.05) is 0 Å². The number of halogens is 1. The predicted molar refractivity (Wildman–Crippen MR) is 81.3 cm³/mol. The minimum absolute atomic E-state index is 0.122. The monoisotopic (exact) mass is 337 g/mol. The van der Waals surface area contributed by atoms with Crippen LogP contribution in [0.5, 0.6) is 0 Å². The van der Waals surface area contributed by atoms with E-state index in [0.717, 1.165) is 5.01 Å². The predicted octanol–water partition coefficient (Wildman–Crippen LogP) is 2.75. The minimum atomic E-state index is -3.67. The van der Waals surface area contributed by atoms with Crippen molar-refractivity contribution < 1.29 is 12.8 Å². The second-order valence-electron chi connectivity index (χ2n) is 4.68. The molecule has 0 amide bonds. The Morgan fingerprint density at radius 2 is 2.18 bits per heavy atom. The lowest BCUT2D eigenvalue weighted by molar-refractivity contribution is 0.582. The van der Waals surface area contributed by atoms with E-state index >= 15 is 0 Å². The molecule has 114 valence electrons. The van der Waals surface area contributed by atoms with Gasteiger partial charge in [0.1, 0.15) is 11.6 Å². The van der Waals surface area contributed by atoms with Gasteiger partial charge >= 0.3 is 0 Å². The molecule has 0 atom stereocenters. The van der Waals surface area contributed by atoms with Crippen LogP contribution in [0.3, 0.4) is 0 Å². The normalized spacial score (nSPS) is 11.7. The summed E-state index contributed by atoms with van der Waals surface area (Å²) in [7, 11) is -3.67. The molecule has 5 nitrogen and oxygen atoms in total. The first-order valence-corrected chi connectivity index (χ1v) is 8.92. The van der Waals surface area contributed by atoms with Crippen LogP contribution in [0.4, 0.5) is 4.39 Å². The van der Waals surface area contributed by atoms with Crippen LogP contribution in [0, 0.1) is 12.7 Å². The largest absolute Gasteiger partial charge is 0.291 e. The van der Waals surface area contributed by atoms with Gasteiger partial charge in [0.05, 0.1) is 16.4 Å². The van der Waals surface area contributed by atoms with Gasteiger partial charge in [-0.2, -0.15) is 0 Å². The highest BCUT2D eigenvalue weighted by molar-refractivity contribution is 7.90. The molecule has 0 bridgehead atoms. The van der Waals surface area contributed by atoms with E-state index in [1.165, 1.54) is 46.5 Å². The number of imidazole rings is 1.